The normalized spacial score (nSPS) is 18.3. The van der Waals surface area contributed by atoms with E-state index in [2.05, 4.69) is 32.9 Å². The molecule has 1 aliphatic rings. The van der Waals surface area contributed by atoms with Gasteiger partial charge in [-0.1, -0.05) is 31.9 Å². The van der Waals surface area contributed by atoms with E-state index in [-0.39, 0.29) is 5.41 Å². The number of benzene rings is 1. The number of aryl methyl sites for hydroxylation is 2. The number of carbonyl (C=O) groups is 1. The average Bonchev–Trinajstić information content (AvgIpc) is 2.81. The summed E-state index contributed by atoms with van der Waals surface area (Å²) in [6.45, 7) is 6.33. The SMILES string of the molecule is CCC1(C(=O)c2ccc(C)c(C)c2)CCCC1. The Labute approximate surface area is 104 Å². The summed E-state index contributed by atoms with van der Waals surface area (Å²) in [7, 11) is 0. The van der Waals surface area contributed by atoms with Gasteiger partial charge in [-0.2, -0.15) is 0 Å². The molecule has 0 N–H and O–H groups in total. The number of hydrogen-bond acceptors (Lipinski definition) is 1. The van der Waals surface area contributed by atoms with E-state index in [0.29, 0.717) is 5.78 Å². The minimum absolute atomic E-state index is 0.0539. The maximum Gasteiger partial charge on any atom is 0.168 e. The molecule has 1 saturated carbocycles. The molecule has 0 heterocycles. The lowest BCUT2D eigenvalue weighted by molar-refractivity contribution is 0.0791. The number of hydrogen-bond donors (Lipinski definition) is 0. The summed E-state index contributed by atoms with van der Waals surface area (Å²) in [6.07, 6.45) is 5.57. The lowest BCUT2D eigenvalue weighted by Gasteiger charge is -2.26. The quantitative estimate of drug-likeness (QED) is 0.701. The van der Waals surface area contributed by atoms with Crippen LogP contribution in [0.1, 0.15) is 60.5 Å². The minimum Gasteiger partial charge on any atom is -0.294 e. The fraction of sp³-hybridized carbons (Fsp3) is 0.562. The molecule has 1 aromatic rings. The Morgan fingerprint density at radius 3 is 2.35 bits per heavy atom. The summed E-state index contributed by atoms with van der Waals surface area (Å²) in [6, 6.07) is 6.13. The third kappa shape index (κ3) is 2.15. The van der Waals surface area contributed by atoms with Gasteiger partial charge in [0.15, 0.2) is 5.78 Å². The van der Waals surface area contributed by atoms with Crippen molar-refractivity contribution in [3.8, 4) is 0 Å². The molecular weight excluding hydrogens is 208 g/mol. The van der Waals surface area contributed by atoms with Crippen LogP contribution in [0.25, 0.3) is 0 Å². The maximum absolute atomic E-state index is 12.7. The summed E-state index contributed by atoms with van der Waals surface area (Å²) >= 11 is 0. The van der Waals surface area contributed by atoms with Crippen LogP contribution in [0.5, 0.6) is 0 Å². The molecule has 0 bridgehead atoms. The summed E-state index contributed by atoms with van der Waals surface area (Å²) in [4.78, 5) is 12.7. The average molecular weight is 230 g/mol. The van der Waals surface area contributed by atoms with E-state index in [1.807, 2.05) is 6.07 Å². The van der Waals surface area contributed by atoms with Gasteiger partial charge >= 0.3 is 0 Å². The first-order valence-corrected chi connectivity index (χ1v) is 6.71. The van der Waals surface area contributed by atoms with Crippen molar-refractivity contribution in [2.75, 3.05) is 0 Å². The molecule has 0 saturated heterocycles. The van der Waals surface area contributed by atoms with Crippen molar-refractivity contribution >= 4 is 5.78 Å². The Bertz CT molecular complexity index is 425. The lowest BCUT2D eigenvalue weighted by Crippen LogP contribution is -2.27. The van der Waals surface area contributed by atoms with Gasteiger partial charge in [0, 0.05) is 11.0 Å². The molecule has 1 nitrogen and oxygen atoms in total. The highest BCUT2D eigenvalue weighted by Gasteiger charge is 2.39. The first-order chi connectivity index (χ1) is 8.09. The number of ketones is 1. The smallest absolute Gasteiger partial charge is 0.168 e. The zero-order chi connectivity index (χ0) is 12.5. The van der Waals surface area contributed by atoms with Crippen LogP contribution in [0.15, 0.2) is 18.2 Å². The molecule has 0 amide bonds. The molecule has 0 aromatic heterocycles. The van der Waals surface area contributed by atoms with E-state index in [1.165, 1.54) is 24.0 Å². The largest absolute Gasteiger partial charge is 0.294 e. The molecule has 0 spiro atoms. The summed E-state index contributed by atoms with van der Waals surface area (Å²) < 4.78 is 0. The highest BCUT2D eigenvalue weighted by atomic mass is 16.1. The van der Waals surface area contributed by atoms with Crippen molar-refractivity contribution in [1.82, 2.24) is 0 Å². The van der Waals surface area contributed by atoms with Gasteiger partial charge in [-0.25, -0.2) is 0 Å². The van der Waals surface area contributed by atoms with Crippen LogP contribution in [0.2, 0.25) is 0 Å². The van der Waals surface area contributed by atoms with Gasteiger partial charge in [0.05, 0.1) is 0 Å². The predicted octanol–water partition coefficient (Wildman–Crippen LogP) is 4.46. The van der Waals surface area contributed by atoms with Crippen LogP contribution < -0.4 is 0 Å². The molecule has 0 radical (unpaired) electrons. The van der Waals surface area contributed by atoms with Crippen LogP contribution in [0, 0.1) is 19.3 Å². The van der Waals surface area contributed by atoms with E-state index in [4.69, 9.17) is 0 Å². The third-order valence-electron chi connectivity index (χ3n) is 4.49. The molecule has 0 unspecified atom stereocenters. The van der Waals surface area contributed by atoms with E-state index in [9.17, 15) is 4.79 Å². The Balaban J connectivity index is 2.32. The van der Waals surface area contributed by atoms with Crippen molar-refractivity contribution in [1.29, 1.82) is 0 Å². The zero-order valence-electron chi connectivity index (χ0n) is 11.2. The molecular formula is C16H22O. The second-order valence-electron chi connectivity index (χ2n) is 5.47. The van der Waals surface area contributed by atoms with Gasteiger partial charge in [-0.05, 0) is 50.3 Å². The summed E-state index contributed by atoms with van der Waals surface area (Å²) in [5, 5.41) is 0. The van der Waals surface area contributed by atoms with E-state index < -0.39 is 0 Å². The van der Waals surface area contributed by atoms with Crippen LogP contribution >= 0.6 is 0 Å². The zero-order valence-corrected chi connectivity index (χ0v) is 11.2. The van der Waals surface area contributed by atoms with Crippen molar-refractivity contribution in [3.63, 3.8) is 0 Å². The molecule has 17 heavy (non-hydrogen) atoms. The van der Waals surface area contributed by atoms with E-state index in [1.54, 1.807) is 0 Å². The maximum atomic E-state index is 12.7. The Morgan fingerprint density at radius 2 is 1.82 bits per heavy atom. The minimum atomic E-state index is -0.0539. The second-order valence-corrected chi connectivity index (χ2v) is 5.47. The number of rotatable bonds is 3. The highest BCUT2D eigenvalue weighted by Crippen LogP contribution is 2.43. The van der Waals surface area contributed by atoms with Crippen LogP contribution in [-0.4, -0.2) is 5.78 Å². The number of Topliss-reactive ketones (excluding diaryl/α,β-unsaturated/α-hetero) is 1. The van der Waals surface area contributed by atoms with Crippen molar-refractivity contribution in [2.24, 2.45) is 5.41 Å². The molecule has 0 aliphatic heterocycles. The first-order valence-electron chi connectivity index (χ1n) is 6.71. The third-order valence-corrected chi connectivity index (χ3v) is 4.49. The van der Waals surface area contributed by atoms with Crippen LogP contribution in [0.3, 0.4) is 0 Å². The topological polar surface area (TPSA) is 17.1 Å². The van der Waals surface area contributed by atoms with Crippen molar-refractivity contribution < 1.29 is 4.79 Å². The van der Waals surface area contributed by atoms with Gasteiger partial charge in [-0.3, -0.25) is 4.79 Å². The van der Waals surface area contributed by atoms with Crippen molar-refractivity contribution in [2.45, 2.75) is 52.9 Å². The van der Waals surface area contributed by atoms with E-state index >= 15 is 0 Å². The molecule has 2 rings (SSSR count). The monoisotopic (exact) mass is 230 g/mol. The second kappa shape index (κ2) is 4.64. The molecule has 1 aromatic carbocycles. The predicted molar refractivity (Wildman–Crippen MR) is 71.4 cm³/mol. The van der Waals surface area contributed by atoms with Gasteiger partial charge in [-0.15, -0.1) is 0 Å². The highest BCUT2D eigenvalue weighted by molar-refractivity contribution is 6.00. The molecule has 1 heteroatoms. The Hall–Kier alpha value is -1.11. The molecule has 0 atom stereocenters. The van der Waals surface area contributed by atoms with Crippen LogP contribution in [0.4, 0.5) is 0 Å². The van der Waals surface area contributed by atoms with Crippen molar-refractivity contribution in [3.05, 3.63) is 34.9 Å². The standard InChI is InChI=1S/C16H22O/c1-4-16(9-5-6-10-16)15(17)14-8-7-12(2)13(3)11-14/h7-8,11H,4-6,9-10H2,1-3H3. The lowest BCUT2D eigenvalue weighted by atomic mass is 9.76. The van der Waals surface area contributed by atoms with Gasteiger partial charge < -0.3 is 0 Å². The van der Waals surface area contributed by atoms with Gasteiger partial charge in [0.1, 0.15) is 0 Å². The fourth-order valence-corrected chi connectivity index (χ4v) is 2.98. The summed E-state index contributed by atoms with van der Waals surface area (Å²) in [5.41, 5.74) is 3.34. The van der Waals surface area contributed by atoms with E-state index in [0.717, 1.165) is 24.8 Å². The Kier molecular flexibility index (Phi) is 3.37. The molecule has 1 fully saturated rings. The van der Waals surface area contributed by atoms with Crippen LogP contribution in [-0.2, 0) is 0 Å². The Morgan fingerprint density at radius 1 is 1.18 bits per heavy atom. The number of carbonyl (C=O) groups excluding carboxylic acids is 1. The molecule has 92 valence electrons. The van der Waals surface area contributed by atoms with Gasteiger partial charge in [0.25, 0.3) is 0 Å². The fourth-order valence-electron chi connectivity index (χ4n) is 2.98. The molecule has 1 aliphatic carbocycles. The van der Waals surface area contributed by atoms with Gasteiger partial charge in [0.2, 0.25) is 0 Å². The first kappa shape index (κ1) is 12.3. The summed E-state index contributed by atoms with van der Waals surface area (Å²) in [5.74, 6) is 0.376.